The van der Waals surface area contributed by atoms with Crippen molar-refractivity contribution in [2.45, 2.75) is 59.3 Å². The van der Waals surface area contributed by atoms with Gasteiger partial charge in [0.2, 0.25) is 0 Å². The lowest BCUT2D eigenvalue weighted by atomic mass is 9.89. The lowest BCUT2D eigenvalue weighted by Gasteiger charge is -2.12. The van der Waals surface area contributed by atoms with Crippen LogP contribution < -0.4 is 15.0 Å². The fourth-order valence-corrected chi connectivity index (χ4v) is 4.03. The summed E-state index contributed by atoms with van der Waals surface area (Å²) in [5.74, 6) is 0.691. The Bertz CT molecular complexity index is 955. The first-order valence-corrected chi connectivity index (χ1v) is 11.4. The predicted molar refractivity (Wildman–Crippen MR) is 127 cm³/mol. The Balaban J connectivity index is 1.55. The van der Waals surface area contributed by atoms with E-state index in [1.54, 1.807) is 0 Å². The summed E-state index contributed by atoms with van der Waals surface area (Å²) in [6.07, 6.45) is 5.90. The topological polar surface area (TPSA) is 69.1 Å². The van der Waals surface area contributed by atoms with Gasteiger partial charge in [-0.2, -0.15) is 0 Å². The van der Waals surface area contributed by atoms with Crippen molar-refractivity contribution in [1.82, 2.24) is 5.48 Å². The summed E-state index contributed by atoms with van der Waals surface area (Å²) in [5, 5.41) is 0. The van der Waals surface area contributed by atoms with Crippen molar-refractivity contribution in [1.29, 1.82) is 0 Å². The van der Waals surface area contributed by atoms with Gasteiger partial charge >= 0.3 is 5.97 Å². The van der Waals surface area contributed by atoms with Crippen LogP contribution in [-0.4, -0.2) is 32.1 Å². The molecule has 1 unspecified atom stereocenters. The number of carbonyl (C=O) groups is 1. The number of hydrogen-bond acceptors (Lipinski definition) is 6. The van der Waals surface area contributed by atoms with Crippen LogP contribution in [-0.2, 0) is 9.63 Å². The van der Waals surface area contributed by atoms with Crippen LogP contribution in [0.5, 0.6) is 11.5 Å². The van der Waals surface area contributed by atoms with Gasteiger partial charge in [-0.1, -0.05) is 36.6 Å². The molecule has 0 amide bonds. The van der Waals surface area contributed by atoms with Crippen molar-refractivity contribution in [3.8, 4) is 11.5 Å². The van der Waals surface area contributed by atoms with E-state index >= 15 is 0 Å². The number of aliphatic imine (C=N–C) groups is 1. The van der Waals surface area contributed by atoms with Gasteiger partial charge in [0.05, 0.1) is 6.61 Å². The molecule has 6 heteroatoms. The van der Waals surface area contributed by atoms with E-state index in [1.807, 2.05) is 58.0 Å². The Kier molecular flexibility index (Phi) is 8.82. The molecule has 1 heterocycles. The number of benzene rings is 2. The first kappa shape index (κ1) is 24.0. The van der Waals surface area contributed by atoms with Crippen LogP contribution in [0, 0.1) is 20.8 Å². The molecule has 6 nitrogen and oxygen atoms in total. The van der Waals surface area contributed by atoms with E-state index in [4.69, 9.17) is 14.3 Å². The van der Waals surface area contributed by atoms with Crippen LogP contribution in [0.4, 0.5) is 0 Å². The van der Waals surface area contributed by atoms with Crippen LogP contribution in [0.25, 0.3) is 0 Å². The summed E-state index contributed by atoms with van der Waals surface area (Å²) in [7, 11) is 0. The van der Waals surface area contributed by atoms with Crippen LogP contribution in [0.3, 0.4) is 0 Å². The minimum atomic E-state index is -0.431. The number of aryl methyl sites for hydroxylation is 3. The van der Waals surface area contributed by atoms with Gasteiger partial charge < -0.3 is 14.3 Å². The molecule has 3 rings (SSSR count). The second kappa shape index (κ2) is 11.8. The molecular formula is C26H34N2O4. The van der Waals surface area contributed by atoms with E-state index in [2.05, 4.69) is 10.5 Å². The van der Waals surface area contributed by atoms with Gasteiger partial charge in [-0.15, -0.1) is 0 Å². The normalized spacial score (nSPS) is 15.2. The van der Waals surface area contributed by atoms with Crippen molar-refractivity contribution in [3.05, 3.63) is 58.1 Å². The molecule has 0 radical (unpaired) electrons. The Morgan fingerprint density at radius 1 is 1.03 bits per heavy atom. The highest BCUT2D eigenvalue weighted by Crippen LogP contribution is 2.42. The Hall–Kier alpha value is -2.70. The van der Waals surface area contributed by atoms with Gasteiger partial charge in [-0.3, -0.25) is 9.79 Å². The molecule has 0 aromatic heterocycles. The fourth-order valence-electron chi connectivity index (χ4n) is 4.03. The molecule has 1 N–H and O–H groups in total. The largest absolute Gasteiger partial charge is 0.446 e. The van der Waals surface area contributed by atoms with Gasteiger partial charge in [-0.25, -0.2) is 5.48 Å². The van der Waals surface area contributed by atoms with Gasteiger partial charge in [0, 0.05) is 18.7 Å². The Morgan fingerprint density at radius 2 is 1.81 bits per heavy atom. The second-order valence-electron chi connectivity index (χ2n) is 8.30. The molecule has 0 spiro atoms. The number of fused-ring (bicyclic) bond motifs is 1. The molecule has 0 saturated carbocycles. The molecule has 2 aromatic rings. The third kappa shape index (κ3) is 6.40. The van der Waals surface area contributed by atoms with Crippen molar-refractivity contribution in [2.75, 3.05) is 19.7 Å². The third-order valence-corrected chi connectivity index (χ3v) is 5.43. The predicted octanol–water partition coefficient (Wildman–Crippen LogP) is 5.17. The Labute approximate surface area is 190 Å². The van der Waals surface area contributed by atoms with Crippen LogP contribution in [0.1, 0.15) is 66.3 Å². The highest BCUT2D eigenvalue weighted by atomic mass is 16.6. The number of esters is 1. The van der Waals surface area contributed by atoms with E-state index < -0.39 is 5.92 Å². The molecule has 2 aromatic carbocycles. The molecule has 0 bridgehead atoms. The van der Waals surface area contributed by atoms with E-state index in [9.17, 15) is 4.79 Å². The summed E-state index contributed by atoms with van der Waals surface area (Å²) >= 11 is 0. The molecule has 0 fully saturated rings. The SMILES string of the molecule is CCONCCCCCC/N=C/Oc1cc(C)cc(C2C(=O)Oc3c(C)cc(C)cc32)c1. The van der Waals surface area contributed by atoms with E-state index in [0.717, 1.165) is 66.6 Å². The highest BCUT2D eigenvalue weighted by Gasteiger charge is 2.36. The average molecular weight is 439 g/mol. The van der Waals surface area contributed by atoms with Crippen molar-refractivity contribution >= 4 is 12.4 Å². The lowest BCUT2D eigenvalue weighted by Crippen LogP contribution is -2.15. The molecule has 1 aliphatic heterocycles. The maximum absolute atomic E-state index is 12.7. The molecule has 0 aliphatic carbocycles. The molecule has 32 heavy (non-hydrogen) atoms. The monoisotopic (exact) mass is 438 g/mol. The summed E-state index contributed by atoms with van der Waals surface area (Å²) in [6.45, 7) is 10.3. The number of ether oxygens (including phenoxy) is 2. The van der Waals surface area contributed by atoms with E-state index in [-0.39, 0.29) is 5.97 Å². The van der Waals surface area contributed by atoms with Gasteiger partial charge in [0.1, 0.15) is 17.4 Å². The zero-order valence-corrected chi connectivity index (χ0v) is 19.6. The van der Waals surface area contributed by atoms with Crippen LogP contribution >= 0.6 is 0 Å². The fraction of sp³-hybridized carbons (Fsp3) is 0.462. The number of carbonyl (C=O) groups excluding carboxylic acids is 1. The lowest BCUT2D eigenvalue weighted by molar-refractivity contribution is -0.133. The summed E-state index contributed by atoms with van der Waals surface area (Å²) < 4.78 is 11.4. The maximum Gasteiger partial charge on any atom is 0.323 e. The minimum Gasteiger partial charge on any atom is -0.446 e. The standard InChI is InChI=1S/C26H34N2O4/c1-5-31-28-11-9-7-6-8-10-27-17-30-22-14-19(3)13-21(16-22)24-23-15-18(2)12-20(4)25(23)32-26(24)29/h12-17,24,28H,5-11H2,1-4H3/b27-17+. The first-order valence-electron chi connectivity index (χ1n) is 11.4. The number of unbranched alkanes of at least 4 members (excludes halogenated alkanes) is 3. The maximum atomic E-state index is 12.7. The van der Waals surface area contributed by atoms with Crippen molar-refractivity contribution in [2.24, 2.45) is 4.99 Å². The summed E-state index contributed by atoms with van der Waals surface area (Å²) in [6, 6.07) is 9.94. The van der Waals surface area contributed by atoms with Crippen molar-refractivity contribution in [3.63, 3.8) is 0 Å². The third-order valence-electron chi connectivity index (χ3n) is 5.43. The van der Waals surface area contributed by atoms with Gasteiger partial charge in [0.15, 0.2) is 6.40 Å². The summed E-state index contributed by atoms with van der Waals surface area (Å²) in [5.41, 5.74) is 7.86. The molecule has 1 aliphatic rings. The highest BCUT2D eigenvalue weighted by molar-refractivity contribution is 5.90. The van der Waals surface area contributed by atoms with Crippen LogP contribution in [0.15, 0.2) is 35.3 Å². The van der Waals surface area contributed by atoms with Gasteiger partial charge in [-0.05, 0) is 69.4 Å². The van der Waals surface area contributed by atoms with E-state index in [0.29, 0.717) is 18.1 Å². The molecule has 172 valence electrons. The number of hydrogen-bond donors (Lipinski definition) is 1. The molecular weight excluding hydrogens is 404 g/mol. The van der Waals surface area contributed by atoms with E-state index in [1.165, 1.54) is 6.40 Å². The second-order valence-corrected chi connectivity index (χ2v) is 8.30. The zero-order valence-electron chi connectivity index (χ0n) is 19.6. The molecule has 1 atom stereocenters. The first-order chi connectivity index (χ1) is 15.5. The van der Waals surface area contributed by atoms with Crippen LogP contribution in [0.2, 0.25) is 0 Å². The number of hydroxylamine groups is 1. The Morgan fingerprint density at radius 3 is 2.62 bits per heavy atom. The number of nitrogens with one attached hydrogen (secondary N) is 1. The van der Waals surface area contributed by atoms with Gasteiger partial charge in [0.25, 0.3) is 0 Å². The zero-order chi connectivity index (χ0) is 22.9. The number of rotatable bonds is 12. The number of nitrogens with zero attached hydrogens (tertiary/aromatic N) is 1. The van der Waals surface area contributed by atoms with Crippen molar-refractivity contribution < 1.29 is 19.1 Å². The summed E-state index contributed by atoms with van der Waals surface area (Å²) in [4.78, 5) is 22.1. The quantitative estimate of drug-likeness (QED) is 0.124. The molecule has 0 saturated heterocycles. The average Bonchev–Trinajstić information content (AvgIpc) is 3.08. The smallest absolute Gasteiger partial charge is 0.323 e. The minimum absolute atomic E-state index is 0.240.